The summed E-state index contributed by atoms with van der Waals surface area (Å²) in [5.41, 5.74) is -0.441. The van der Waals surface area contributed by atoms with E-state index in [0.717, 1.165) is 9.49 Å². The molecule has 0 bridgehead atoms. The van der Waals surface area contributed by atoms with Gasteiger partial charge in [-0.1, -0.05) is 0 Å². The first-order valence-electron chi connectivity index (χ1n) is 10.5. The quantitative estimate of drug-likeness (QED) is 0.483. The van der Waals surface area contributed by atoms with Crippen molar-refractivity contribution in [1.82, 2.24) is 9.80 Å². The molecule has 0 unspecified atom stereocenters. The minimum absolute atomic E-state index is 0. The fraction of sp³-hybridized carbons (Fsp3) is 0.636. The van der Waals surface area contributed by atoms with Gasteiger partial charge < -0.3 is 5.48 Å². The van der Waals surface area contributed by atoms with Gasteiger partial charge in [-0.15, -0.1) is 0 Å². The minimum Gasteiger partial charge on any atom is -0.412 e. The maximum absolute atomic E-state index is 13.0. The van der Waals surface area contributed by atoms with Crippen LogP contribution in [0, 0.1) is 0 Å². The number of fused-ring (bicyclic) bond motifs is 1. The van der Waals surface area contributed by atoms with Crippen LogP contribution >= 0.6 is 0 Å². The van der Waals surface area contributed by atoms with Gasteiger partial charge in [-0.05, 0) is 0 Å². The van der Waals surface area contributed by atoms with E-state index in [1.807, 2.05) is 65.0 Å². The standard InChI is InChI=1S/C22H31N2O5.Hg.H2O/c1-15-12-18-17(24(22(5,6)28-18)20(26)29-21(2,3)4)13-23(15)19(25)27-14-16-10-8-7-9-11-16;;/h7-11,15,17-18H,1,12-14H2,2-6H3;;1H2/t15-,17+,18-;;/m1../s1. The number of likely N-dealkylation sites (tertiary alicyclic amines) is 1. The molecule has 1 aromatic carbocycles. The fourth-order valence-electron chi connectivity index (χ4n) is 4.19. The van der Waals surface area contributed by atoms with Crippen LogP contribution < -0.4 is 0 Å². The number of rotatable bonds is 3. The molecule has 169 valence electrons. The molecular weight excluding hydrogens is 589 g/mol. The normalized spacial score (nSPS) is 24.8. The Morgan fingerprint density at radius 3 is 2.42 bits per heavy atom. The van der Waals surface area contributed by atoms with Crippen LogP contribution in [0.4, 0.5) is 9.59 Å². The molecule has 1 aromatic rings. The van der Waals surface area contributed by atoms with Crippen LogP contribution in [0.25, 0.3) is 0 Å². The first-order valence-corrected chi connectivity index (χ1v) is 14.4. The van der Waals surface area contributed by atoms with Crippen molar-refractivity contribution in [1.29, 1.82) is 0 Å². The molecule has 2 aliphatic rings. The smallest absolute Gasteiger partial charge is 0.412 e. The molecule has 8 nitrogen and oxygen atoms in total. The van der Waals surface area contributed by atoms with Crippen LogP contribution in [0.15, 0.2) is 30.3 Å². The molecule has 2 amide bonds. The third-order valence-corrected chi connectivity index (χ3v) is 8.06. The third kappa shape index (κ3) is 6.11. The van der Waals surface area contributed by atoms with Gasteiger partial charge in [0.2, 0.25) is 0 Å². The van der Waals surface area contributed by atoms with Crippen molar-refractivity contribution in [3.63, 3.8) is 0 Å². The van der Waals surface area contributed by atoms with Gasteiger partial charge >= 0.3 is 195 Å². The predicted molar refractivity (Wildman–Crippen MR) is 111 cm³/mol. The van der Waals surface area contributed by atoms with E-state index in [2.05, 4.69) is 0 Å². The van der Waals surface area contributed by atoms with Gasteiger partial charge in [-0.2, -0.15) is 0 Å². The number of hydrogen-bond acceptors (Lipinski definition) is 5. The summed E-state index contributed by atoms with van der Waals surface area (Å²) in [6, 6.07) is 9.49. The Labute approximate surface area is 200 Å². The summed E-state index contributed by atoms with van der Waals surface area (Å²) < 4.78 is 18.5. The monoisotopic (exact) mass is 623 g/mol. The van der Waals surface area contributed by atoms with Crippen molar-refractivity contribution in [3.8, 4) is 0 Å². The molecule has 2 heterocycles. The second-order valence-corrected chi connectivity index (χ2v) is 11.6. The largest absolute Gasteiger partial charge is 0.412 e. The number of hydrogen-bond donors (Lipinski definition) is 0. The Balaban J connectivity index is 0.00000341. The van der Waals surface area contributed by atoms with Gasteiger partial charge in [0.1, 0.15) is 0 Å². The summed E-state index contributed by atoms with van der Waals surface area (Å²) in [4.78, 5) is 29.4. The van der Waals surface area contributed by atoms with Crippen LogP contribution in [-0.4, -0.2) is 63.5 Å². The molecule has 0 aliphatic carbocycles. The summed E-state index contributed by atoms with van der Waals surface area (Å²) in [6.45, 7) is 9.93. The number of nitrogens with zero attached hydrogens (tertiary/aromatic N) is 2. The van der Waals surface area contributed by atoms with Gasteiger partial charge in [0.25, 0.3) is 0 Å². The Bertz CT molecular complexity index is 767. The number of carbonyl (C=O) groups is 2. The van der Waals surface area contributed by atoms with E-state index in [-0.39, 0.29) is 36.4 Å². The zero-order valence-corrected chi connectivity index (χ0v) is 24.6. The average molecular weight is 622 g/mol. The maximum Gasteiger partial charge on any atom is -0.412 e. The summed E-state index contributed by atoms with van der Waals surface area (Å²) >= 11 is 0.530. The minimum atomic E-state index is -0.790. The molecule has 0 radical (unpaired) electrons. The molecule has 0 saturated carbocycles. The molecule has 0 spiro atoms. The van der Waals surface area contributed by atoms with E-state index in [9.17, 15) is 9.59 Å². The second kappa shape index (κ2) is 10.0. The van der Waals surface area contributed by atoms with E-state index in [4.69, 9.17) is 14.2 Å². The van der Waals surface area contributed by atoms with E-state index in [1.54, 1.807) is 9.80 Å². The fourth-order valence-corrected chi connectivity index (χ4v) is 6.32. The van der Waals surface area contributed by atoms with E-state index in [1.165, 1.54) is 0 Å². The van der Waals surface area contributed by atoms with Crippen LogP contribution in [0.1, 0.15) is 46.6 Å². The summed E-state index contributed by atoms with van der Waals surface area (Å²) in [5.74, 6) is 0. The molecule has 31 heavy (non-hydrogen) atoms. The van der Waals surface area contributed by atoms with Crippen molar-refractivity contribution < 1.29 is 55.4 Å². The molecule has 0 aromatic heterocycles. The first-order chi connectivity index (χ1) is 14.0. The van der Waals surface area contributed by atoms with Crippen molar-refractivity contribution in [2.24, 2.45) is 0 Å². The topological polar surface area (TPSA) is 99.8 Å². The molecule has 2 saturated heterocycles. The van der Waals surface area contributed by atoms with Crippen LogP contribution in [0.5, 0.6) is 0 Å². The van der Waals surface area contributed by atoms with Crippen LogP contribution in [0.3, 0.4) is 0 Å². The van der Waals surface area contributed by atoms with Crippen molar-refractivity contribution in [2.75, 3.05) is 6.54 Å². The van der Waals surface area contributed by atoms with Gasteiger partial charge in [0, 0.05) is 0 Å². The molecule has 9 heteroatoms. The van der Waals surface area contributed by atoms with E-state index in [0.29, 0.717) is 39.1 Å². The number of ether oxygens (including phenoxy) is 3. The zero-order valence-electron chi connectivity index (χ0n) is 19.1. The third-order valence-electron chi connectivity index (χ3n) is 5.47. The van der Waals surface area contributed by atoms with Crippen molar-refractivity contribution in [2.45, 2.75) is 81.1 Å². The number of benzene rings is 1. The Morgan fingerprint density at radius 1 is 1.19 bits per heavy atom. The predicted octanol–water partition coefficient (Wildman–Crippen LogP) is 3.28. The Hall–Kier alpha value is -1.38. The maximum atomic E-state index is 13.0. The average Bonchev–Trinajstić information content (AvgIpc) is 2.93. The first kappa shape index (κ1) is 25.9. The number of amides is 2. The van der Waals surface area contributed by atoms with Crippen molar-refractivity contribution >= 4 is 12.2 Å². The molecule has 3 rings (SSSR count). The Kier molecular flexibility index (Phi) is 8.38. The summed E-state index contributed by atoms with van der Waals surface area (Å²) in [6.07, 6.45) is -0.149. The molecule has 2 N–H and O–H groups in total. The Morgan fingerprint density at radius 2 is 1.84 bits per heavy atom. The number of carbonyl (C=O) groups excluding carboxylic acids is 2. The van der Waals surface area contributed by atoms with Gasteiger partial charge in [0.15, 0.2) is 0 Å². The van der Waals surface area contributed by atoms with Gasteiger partial charge in [-0.25, -0.2) is 0 Å². The summed E-state index contributed by atoms with van der Waals surface area (Å²) in [5, 5.41) is 0. The van der Waals surface area contributed by atoms with Crippen LogP contribution in [0.2, 0.25) is 3.93 Å². The van der Waals surface area contributed by atoms with E-state index < -0.39 is 17.4 Å². The van der Waals surface area contributed by atoms with Gasteiger partial charge in [-0.3, -0.25) is 0 Å². The SMILES string of the molecule is CC(C)(C)OC(=O)N1[C@H]2CN(C(=O)OCc3ccccc3)[C@H]([CH2][Hg])C[C@H]2OC1(C)C.O. The van der Waals surface area contributed by atoms with Gasteiger partial charge in [0.05, 0.1) is 0 Å². The van der Waals surface area contributed by atoms with Crippen LogP contribution in [-0.2, 0) is 46.9 Å². The van der Waals surface area contributed by atoms with E-state index >= 15 is 0 Å². The second-order valence-electron chi connectivity index (χ2n) is 9.39. The summed E-state index contributed by atoms with van der Waals surface area (Å²) in [7, 11) is 0. The molecule has 3 atom stereocenters. The molecule has 2 fully saturated rings. The molecule has 2 aliphatic heterocycles. The number of piperidine rings is 1. The zero-order chi connectivity index (χ0) is 22.1. The molecular formula is C22H33HgN2O6. The van der Waals surface area contributed by atoms with Crippen molar-refractivity contribution in [3.05, 3.63) is 35.9 Å².